The monoisotopic (exact) mass is 250 g/mol. The maximum absolute atomic E-state index is 11.7. The number of aromatic nitrogens is 1. The van der Waals surface area contributed by atoms with E-state index in [2.05, 4.69) is 12.2 Å². The van der Waals surface area contributed by atoms with Crippen molar-refractivity contribution >= 4 is 5.91 Å². The van der Waals surface area contributed by atoms with Crippen LogP contribution in [-0.2, 0) is 11.3 Å². The van der Waals surface area contributed by atoms with E-state index in [1.165, 1.54) is 23.5 Å². The van der Waals surface area contributed by atoms with Gasteiger partial charge in [-0.15, -0.1) is 0 Å². The van der Waals surface area contributed by atoms with Gasteiger partial charge in [0.25, 0.3) is 5.56 Å². The zero-order valence-electron chi connectivity index (χ0n) is 11.2. The molecule has 0 saturated carbocycles. The highest BCUT2D eigenvalue weighted by Crippen LogP contribution is 2.02. The quantitative estimate of drug-likeness (QED) is 0.752. The molecule has 1 rings (SSSR count). The second kappa shape index (κ2) is 7.69. The van der Waals surface area contributed by atoms with Crippen LogP contribution in [-0.4, -0.2) is 16.5 Å². The molecule has 0 aliphatic rings. The van der Waals surface area contributed by atoms with Crippen LogP contribution in [0.25, 0.3) is 0 Å². The van der Waals surface area contributed by atoms with E-state index >= 15 is 0 Å². The van der Waals surface area contributed by atoms with Crippen molar-refractivity contribution in [3.8, 4) is 0 Å². The molecule has 1 unspecified atom stereocenters. The van der Waals surface area contributed by atoms with Crippen molar-refractivity contribution in [1.29, 1.82) is 0 Å². The fourth-order valence-corrected chi connectivity index (χ4v) is 1.84. The summed E-state index contributed by atoms with van der Waals surface area (Å²) >= 11 is 0. The molecule has 0 aliphatic heterocycles. The molecule has 100 valence electrons. The molecule has 0 fully saturated rings. The third-order valence-electron chi connectivity index (χ3n) is 2.86. The minimum atomic E-state index is -0.147. The van der Waals surface area contributed by atoms with Crippen molar-refractivity contribution in [2.45, 2.75) is 52.1 Å². The fourth-order valence-electron chi connectivity index (χ4n) is 1.84. The zero-order chi connectivity index (χ0) is 13.4. The van der Waals surface area contributed by atoms with E-state index in [1.807, 2.05) is 6.92 Å². The van der Waals surface area contributed by atoms with Crippen molar-refractivity contribution in [3.05, 3.63) is 34.7 Å². The van der Waals surface area contributed by atoms with E-state index < -0.39 is 0 Å². The summed E-state index contributed by atoms with van der Waals surface area (Å²) in [5, 5.41) is 2.92. The first kappa shape index (κ1) is 14.5. The van der Waals surface area contributed by atoms with Gasteiger partial charge in [-0.1, -0.05) is 32.3 Å². The van der Waals surface area contributed by atoms with Gasteiger partial charge in [-0.05, 0) is 19.4 Å². The Bertz CT molecular complexity index is 426. The zero-order valence-corrected chi connectivity index (χ0v) is 11.2. The topological polar surface area (TPSA) is 51.1 Å². The Morgan fingerprint density at radius 3 is 2.83 bits per heavy atom. The van der Waals surface area contributed by atoms with Gasteiger partial charge in [0.2, 0.25) is 5.91 Å². The second-order valence-corrected chi connectivity index (χ2v) is 4.63. The van der Waals surface area contributed by atoms with Gasteiger partial charge in [-0.25, -0.2) is 0 Å². The van der Waals surface area contributed by atoms with Gasteiger partial charge in [0.05, 0.1) is 0 Å². The summed E-state index contributed by atoms with van der Waals surface area (Å²) < 4.78 is 1.41. The predicted octanol–water partition coefficient (Wildman–Crippen LogP) is 1.93. The number of hydrogen-bond acceptors (Lipinski definition) is 2. The fraction of sp³-hybridized carbons (Fsp3) is 0.571. The molecule has 0 bridgehead atoms. The molecule has 0 aromatic carbocycles. The highest BCUT2D eigenvalue weighted by Gasteiger charge is 2.07. The molecule has 0 saturated heterocycles. The molecule has 1 N–H and O–H groups in total. The highest BCUT2D eigenvalue weighted by molar-refractivity contribution is 5.75. The Kier molecular flexibility index (Phi) is 6.19. The molecular formula is C14H22N2O2. The van der Waals surface area contributed by atoms with E-state index in [4.69, 9.17) is 0 Å². The molecule has 4 nitrogen and oxygen atoms in total. The Balaban J connectivity index is 2.38. The van der Waals surface area contributed by atoms with Crippen LogP contribution in [0.2, 0.25) is 0 Å². The lowest BCUT2D eigenvalue weighted by molar-refractivity contribution is -0.122. The third-order valence-corrected chi connectivity index (χ3v) is 2.86. The summed E-state index contributed by atoms with van der Waals surface area (Å²) in [5.74, 6) is -0.104. The van der Waals surface area contributed by atoms with Crippen LogP contribution in [0.15, 0.2) is 29.2 Å². The van der Waals surface area contributed by atoms with E-state index in [9.17, 15) is 9.59 Å². The van der Waals surface area contributed by atoms with Gasteiger partial charge < -0.3 is 9.88 Å². The molecule has 1 amide bonds. The molecule has 0 radical (unpaired) electrons. The van der Waals surface area contributed by atoms with Crippen molar-refractivity contribution in [2.75, 3.05) is 0 Å². The lowest BCUT2D eigenvalue weighted by Gasteiger charge is -2.14. The summed E-state index contributed by atoms with van der Waals surface area (Å²) in [6, 6.07) is 5.05. The van der Waals surface area contributed by atoms with Gasteiger partial charge in [0, 0.05) is 18.3 Å². The van der Waals surface area contributed by atoms with E-state index in [0.29, 0.717) is 0 Å². The maximum Gasteiger partial charge on any atom is 0.250 e. The number of unbranched alkanes of at least 4 members (excludes halogenated alkanes) is 2. The van der Waals surface area contributed by atoms with Crippen LogP contribution in [0.4, 0.5) is 0 Å². The van der Waals surface area contributed by atoms with Crippen molar-refractivity contribution in [3.63, 3.8) is 0 Å². The largest absolute Gasteiger partial charge is 0.352 e. The molecule has 4 heteroatoms. The molecule has 1 aromatic rings. The van der Waals surface area contributed by atoms with Gasteiger partial charge in [0.1, 0.15) is 6.54 Å². The SMILES string of the molecule is CCCCCC(C)NC(=O)Cn1ccccc1=O. The molecule has 0 spiro atoms. The summed E-state index contributed by atoms with van der Waals surface area (Å²) in [7, 11) is 0. The lowest BCUT2D eigenvalue weighted by atomic mass is 10.1. The molecule has 1 heterocycles. The van der Waals surface area contributed by atoms with Crippen LogP contribution < -0.4 is 10.9 Å². The Hall–Kier alpha value is -1.58. The van der Waals surface area contributed by atoms with E-state index in [0.717, 1.165) is 12.8 Å². The summed E-state index contributed by atoms with van der Waals surface area (Å²) in [4.78, 5) is 23.2. The number of pyridine rings is 1. The van der Waals surface area contributed by atoms with Crippen LogP contribution in [0.3, 0.4) is 0 Å². The summed E-state index contributed by atoms with van der Waals surface area (Å²) in [6.45, 7) is 4.25. The van der Waals surface area contributed by atoms with Crippen LogP contribution in [0.1, 0.15) is 39.5 Å². The van der Waals surface area contributed by atoms with Crippen LogP contribution >= 0.6 is 0 Å². The minimum Gasteiger partial charge on any atom is -0.352 e. The number of carbonyl (C=O) groups excluding carboxylic acids is 1. The smallest absolute Gasteiger partial charge is 0.250 e. The first-order valence-corrected chi connectivity index (χ1v) is 6.58. The highest BCUT2D eigenvalue weighted by atomic mass is 16.2. The second-order valence-electron chi connectivity index (χ2n) is 4.63. The van der Waals surface area contributed by atoms with Crippen molar-refractivity contribution in [2.24, 2.45) is 0 Å². The van der Waals surface area contributed by atoms with Crippen LogP contribution in [0.5, 0.6) is 0 Å². The number of carbonyl (C=O) groups is 1. The molecular weight excluding hydrogens is 228 g/mol. The molecule has 1 aromatic heterocycles. The van der Waals surface area contributed by atoms with E-state index in [1.54, 1.807) is 18.3 Å². The predicted molar refractivity (Wildman–Crippen MR) is 72.4 cm³/mol. The Morgan fingerprint density at radius 1 is 1.39 bits per heavy atom. The number of rotatable bonds is 7. The number of nitrogens with one attached hydrogen (secondary N) is 1. The van der Waals surface area contributed by atoms with Gasteiger partial charge in [0.15, 0.2) is 0 Å². The van der Waals surface area contributed by atoms with Gasteiger partial charge in [-0.2, -0.15) is 0 Å². The van der Waals surface area contributed by atoms with E-state index in [-0.39, 0.29) is 24.1 Å². The van der Waals surface area contributed by atoms with Gasteiger partial charge in [-0.3, -0.25) is 9.59 Å². The third kappa shape index (κ3) is 5.17. The summed E-state index contributed by atoms with van der Waals surface area (Å²) in [5.41, 5.74) is -0.147. The minimum absolute atomic E-state index is 0.0950. The Labute approximate surface area is 108 Å². The molecule has 1 atom stereocenters. The average Bonchev–Trinajstić information content (AvgIpc) is 2.32. The number of amides is 1. The molecule has 0 aliphatic carbocycles. The Morgan fingerprint density at radius 2 is 2.17 bits per heavy atom. The molecule has 18 heavy (non-hydrogen) atoms. The number of hydrogen-bond donors (Lipinski definition) is 1. The van der Waals surface area contributed by atoms with Gasteiger partial charge >= 0.3 is 0 Å². The number of nitrogens with zero attached hydrogens (tertiary/aromatic N) is 1. The lowest BCUT2D eigenvalue weighted by Crippen LogP contribution is -2.37. The first-order chi connectivity index (χ1) is 8.63. The first-order valence-electron chi connectivity index (χ1n) is 6.58. The summed E-state index contributed by atoms with van der Waals surface area (Å²) in [6.07, 6.45) is 6.12. The standard InChI is InChI=1S/C14H22N2O2/c1-3-4-5-8-12(2)15-13(17)11-16-10-7-6-9-14(16)18/h6-7,9-10,12H,3-5,8,11H2,1-2H3,(H,15,17). The maximum atomic E-state index is 11.7. The van der Waals surface area contributed by atoms with Crippen molar-refractivity contribution < 1.29 is 4.79 Å². The normalized spacial score (nSPS) is 12.1. The average molecular weight is 250 g/mol. The van der Waals surface area contributed by atoms with Crippen molar-refractivity contribution in [1.82, 2.24) is 9.88 Å². The van der Waals surface area contributed by atoms with Crippen LogP contribution in [0, 0.1) is 0 Å².